The summed E-state index contributed by atoms with van der Waals surface area (Å²) in [5.74, 6) is 0. The molecule has 0 saturated heterocycles. The maximum atomic E-state index is 5.14. The first-order valence-corrected chi connectivity index (χ1v) is 19.0. The van der Waals surface area contributed by atoms with E-state index in [1.54, 1.807) is 0 Å². The number of nitrogens with zero attached hydrogens (tertiary/aromatic N) is 4. The largest absolute Gasteiger partial charge is 0.309 e. The van der Waals surface area contributed by atoms with Gasteiger partial charge in [-0.2, -0.15) is 0 Å². The van der Waals surface area contributed by atoms with Gasteiger partial charge < -0.3 is 9.13 Å². The van der Waals surface area contributed by atoms with Crippen LogP contribution in [-0.4, -0.2) is 19.1 Å². The van der Waals surface area contributed by atoms with Crippen molar-refractivity contribution in [2.45, 2.75) is 0 Å². The van der Waals surface area contributed by atoms with Gasteiger partial charge in [-0.3, -0.25) is 4.98 Å². The van der Waals surface area contributed by atoms with Crippen LogP contribution in [0.15, 0.2) is 206 Å². The molecule has 4 heterocycles. The quantitative estimate of drug-likeness (QED) is 0.172. The second-order valence-corrected chi connectivity index (χ2v) is 14.3. The Morgan fingerprint density at radius 2 is 0.821 bits per heavy atom. The van der Waals surface area contributed by atoms with E-state index in [4.69, 9.17) is 9.97 Å². The third-order valence-electron chi connectivity index (χ3n) is 10.9. The number of aromatic nitrogens is 4. The van der Waals surface area contributed by atoms with E-state index in [2.05, 4.69) is 191 Å². The minimum Gasteiger partial charge on any atom is -0.309 e. The molecule has 11 aromatic rings. The summed E-state index contributed by atoms with van der Waals surface area (Å²) in [5, 5.41) is 3.59. The molecule has 4 nitrogen and oxygen atoms in total. The standard InChI is InChI=1S/C52H34N4/c1-4-14-35(15-5-1)46-31-40(32-47(54-46)36-16-6-2-7-17-36)37-18-12-21-42(30-37)56-48-23-11-10-22-43(48)44-27-25-38(33-50(44)56)39-26-28-45-51(34-39)55(41-19-8-3-9-20-41)49-24-13-29-53-52(45)49/h1-34H. The van der Waals surface area contributed by atoms with Crippen LogP contribution in [0.2, 0.25) is 0 Å². The van der Waals surface area contributed by atoms with Gasteiger partial charge in [0.05, 0.1) is 39.0 Å². The molecule has 56 heavy (non-hydrogen) atoms. The van der Waals surface area contributed by atoms with Crippen LogP contribution in [0.4, 0.5) is 0 Å². The topological polar surface area (TPSA) is 35.6 Å². The monoisotopic (exact) mass is 714 g/mol. The van der Waals surface area contributed by atoms with E-state index in [0.717, 1.165) is 83.6 Å². The lowest BCUT2D eigenvalue weighted by atomic mass is 9.99. The smallest absolute Gasteiger partial charge is 0.0963 e. The molecule has 0 aliphatic carbocycles. The van der Waals surface area contributed by atoms with Crippen molar-refractivity contribution in [1.82, 2.24) is 19.1 Å². The van der Waals surface area contributed by atoms with E-state index in [1.165, 1.54) is 16.3 Å². The number of hydrogen-bond donors (Lipinski definition) is 0. The summed E-state index contributed by atoms with van der Waals surface area (Å²) in [5.41, 5.74) is 16.5. The average Bonchev–Trinajstić information content (AvgIpc) is 3.79. The molecule has 7 aromatic carbocycles. The van der Waals surface area contributed by atoms with Crippen LogP contribution in [0, 0.1) is 0 Å². The van der Waals surface area contributed by atoms with E-state index in [0.29, 0.717) is 0 Å². The van der Waals surface area contributed by atoms with E-state index in [-0.39, 0.29) is 0 Å². The molecule has 0 radical (unpaired) electrons. The zero-order valence-electron chi connectivity index (χ0n) is 30.4. The molecule has 0 amide bonds. The van der Waals surface area contributed by atoms with Crippen molar-refractivity contribution in [2.75, 3.05) is 0 Å². The molecule has 11 rings (SSSR count). The van der Waals surface area contributed by atoms with Gasteiger partial charge in [-0.05, 0) is 95.1 Å². The lowest BCUT2D eigenvalue weighted by Gasteiger charge is -2.13. The number of hydrogen-bond acceptors (Lipinski definition) is 2. The zero-order chi connectivity index (χ0) is 37.0. The van der Waals surface area contributed by atoms with E-state index < -0.39 is 0 Å². The molecule has 0 unspecified atom stereocenters. The Bertz CT molecular complexity index is 3170. The van der Waals surface area contributed by atoms with Crippen LogP contribution in [0.5, 0.6) is 0 Å². The highest BCUT2D eigenvalue weighted by Gasteiger charge is 2.17. The third kappa shape index (κ3) is 5.31. The van der Waals surface area contributed by atoms with Crippen molar-refractivity contribution >= 4 is 43.7 Å². The van der Waals surface area contributed by atoms with Gasteiger partial charge in [0, 0.05) is 44.9 Å². The fraction of sp³-hybridized carbons (Fsp3) is 0. The molecular formula is C52H34N4. The lowest BCUT2D eigenvalue weighted by molar-refractivity contribution is 1.17. The number of rotatable bonds is 6. The van der Waals surface area contributed by atoms with Gasteiger partial charge in [0.15, 0.2) is 0 Å². The molecule has 0 N–H and O–H groups in total. The van der Waals surface area contributed by atoms with Gasteiger partial charge in [-0.25, -0.2) is 4.98 Å². The first kappa shape index (κ1) is 31.9. The highest BCUT2D eigenvalue weighted by atomic mass is 15.0. The van der Waals surface area contributed by atoms with E-state index in [1.807, 2.05) is 24.4 Å². The summed E-state index contributed by atoms with van der Waals surface area (Å²) in [6, 6.07) is 71.4. The second-order valence-electron chi connectivity index (χ2n) is 14.3. The molecule has 0 aliphatic rings. The predicted molar refractivity (Wildman–Crippen MR) is 232 cm³/mol. The average molecular weight is 715 g/mol. The first-order chi connectivity index (χ1) is 27.8. The maximum Gasteiger partial charge on any atom is 0.0963 e. The van der Waals surface area contributed by atoms with Gasteiger partial charge in [-0.1, -0.05) is 127 Å². The van der Waals surface area contributed by atoms with Gasteiger partial charge in [-0.15, -0.1) is 0 Å². The summed E-state index contributed by atoms with van der Waals surface area (Å²) in [6.45, 7) is 0. The number of fused-ring (bicyclic) bond motifs is 6. The van der Waals surface area contributed by atoms with Gasteiger partial charge >= 0.3 is 0 Å². The van der Waals surface area contributed by atoms with Crippen molar-refractivity contribution in [3.05, 3.63) is 206 Å². The normalized spacial score (nSPS) is 11.6. The molecule has 4 aromatic heterocycles. The SMILES string of the molecule is c1ccc(-c2cc(-c3cccc(-n4c5ccccc5c5ccc(-c6ccc7c8ncccc8n(-c8ccccc8)c7c6)cc54)c3)cc(-c3ccccc3)n2)cc1. The fourth-order valence-electron chi connectivity index (χ4n) is 8.33. The predicted octanol–water partition coefficient (Wildman–Crippen LogP) is 13.3. The minimum absolute atomic E-state index is 0.952. The van der Waals surface area contributed by atoms with Crippen LogP contribution in [0.1, 0.15) is 0 Å². The van der Waals surface area contributed by atoms with Crippen molar-refractivity contribution in [3.8, 4) is 56.1 Å². The van der Waals surface area contributed by atoms with Crippen LogP contribution >= 0.6 is 0 Å². The summed E-state index contributed by atoms with van der Waals surface area (Å²) in [6.07, 6.45) is 1.88. The van der Waals surface area contributed by atoms with Crippen LogP contribution in [-0.2, 0) is 0 Å². The van der Waals surface area contributed by atoms with E-state index in [9.17, 15) is 0 Å². The molecule has 0 atom stereocenters. The van der Waals surface area contributed by atoms with Gasteiger partial charge in [0.25, 0.3) is 0 Å². The number of para-hydroxylation sites is 2. The molecule has 4 heteroatoms. The van der Waals surface area contributed by atoms with Crippen LogP contribution < -0.4 is 0 Å². The minimum atomic E-state index is 0.952. The van der Waals surface area contributed by atoms with Crippen molar-refractivity contribution in [1.29, 1.82) is 0 Å². The summed E-state index contributed by atoms with van der Waals surface area (Å²) in [7, 11) is 0. The number of pyridine rings is 2. The van der Waals surface area contributed by atoms with Crippen molar-refractivity contribution in [3.63, 3.8) is 0 Å². The van der Waals surface area contributed by atoms with Crippen molar-refractivity contribution in [2.24, 2.45) is 0 Å². The van der Waals surface area contributed by atoms with E-state index >= 15 is 0 Å². The second kappa shape index (κ2) is 13.1. The Balaban J connectivity index is 1.08. The molecular weight excluding hydrogens is 681 g/mol. The zero-order valence-corrected chi connectivity index (χ0v) is 30.4. The van der Waals surface area contributed by atoms with Crippen LogP contribution in [0.3, 0.4) is 0 Å². The summed E-state index contributed by atoms with van der Waals surface area (Å²) in [4.78, 5) is 9.95. The summed E-state index contributed by atoms with van der Waals surface area (Å²) < 4.78 is 4.74. The molecule has 262 valence electrons. The Labute approximate surface area is 324 Å². The molecule has 0 aliphatic heterocycles. The summed E-state index contributed by atoms with van der Waals surface area (Å²) >= 11 is 0. The Morgan fingerprint density at radius 3 is 1.54 bits per heavy atom. The third-order valence-corrected chi connectivity index (χ3v) is 10.9. The van der Waals surface area contributed by atoms with Crippen LogP contribution in [0.25, 0.3) is 99.9 Å². The molecule has 0 spiro atoms. The number of benzene rings is 7. The Kier molecular flexibility index (Phi) is 7.46. The molecule has 0 bridgehead atoms. The van der Waals surface area contributed by atoms with Gasteiger partial charge in [0.2, 0.25) is 0 Å². The molecule has 0 saturated carbocycles. The first-order valence-electron chi connectivity index (χ1n) is 19.0. The Hall–Kier alpha value is -7.56. The Morgan fingerprint density at radius 1 is 0.304 bits per heavy atom. The highest BCUT2D eigenvalue weighted by Crippen LogP contribution is 2.39. The van der Waals surface area contributed by atoms with Crippen molar-refractivity contribution < 1.29 is 0 Å². The fourth-order valence-corrected chi connectivity index (χ4v) is 8.33. The maximum absolute atomic E-state index is 5.14. The van der Waals surface area contributed by atoms with Gasteiger partial charge in [0.1, 0.15) is 0 Å². The molecule has 0 fully saturated rings. The lowest BCUT2D eigenvalue weighted by Crippen LogP contribution is -1.96. The highest BCUT2D eigenvalue weighted by molar-refractivity contribution is 6.11.